The fraction of sp³-hybridized carbons (Fsp3) is 0.538. The van der Waals surface area contributed by atoms with Gasteiger partial charge in [-0.3, -0.25) is 14.8 Å². The number of rotatable bonds is 5. The Morgan fingerprint density at radius 1 is 1.53 bits per heavy atom. The van der Waals surface area contributed by atoms with Crippen molar-refractivity contribution >= 4 is 11.6 Å². The molecule has 6 nitrogen and oxygen atoms in total. The molecule has 19 heavy (non-hydrogen) atoms. The SMILES string of the molecule is CC(C)C1=NO[C@H](C(=O)NCCc2cnccn2)C1. The monoisotopic (exact) mass is 262 g/mol. The standard InChI is InChI=1S/C13H18N4O2/c1-9(2)11-7-12(19-17-11)13(18)16-4-3-10-8-14-5-6-15-10/h5-6,8-9,12H,3-4,7H2,1-2H3,(H,16,18)/t12-/m0/s1. The molecule has 0 radical (unpaired) electrons. The molecule has 0 aromatic carbocycles. The highest BCUT2D eigenvalue weighted by molar-refractivity contribution is 5.93. The molecule has 0 unspecified atom stereocenters. The van der Waals surface area contributed by atoms with Gasteiger partial charge < -0.3 is 10.2 Å². The van der Waals surface area contributed by atoms with Crippen LogP contribution in [0, 0.1) is 5.92 Å². The Kier molecular flexibility index (Phi) is 4.43. The van der Waals surface area contributed by atoms with E-state index in [-0.39, 0.29) is 5.91 Å². The molecule has 0 spiro atoms. The Morgan fingerprint density at radius 3 is 3.00 bits per heavy atom. The first kappa shape index (κ1) is 13.5. The third-order valence-electron chi connectivity index (χ3n) is 2.95. The van der Waals surface area contributed by atoms with Gasteiger partial charge in [0.1, 0.15) is 0 Å². The van der Waals surface area contributed by atoms with Gasteiger partial charge in [-0.1, -0.05) is 19.0 Å². The van der Waals surface area contributed by atoms with Gasteiger partial charge in [0.25, 0.3) is 5.91 Å². The number of nitrogens with one attached hydrogen (secondary N) is 1. The van der Waals surface area contributed by atoms with E-state index in [0.717, 1.165) is 11.4 Å². The third-order valence-corrected chi connectivity index (χ3v) is 2.95. The van der Waals surface area contributed by atoms with E-state index < -0.39 is 6.10 Å². The summed E-state index contributed by atoms with van der Waals surface area (Å²) in [5.41, 5.74) is 1.79. The first-order valence-electron chi connectivity index (χ1n) is 6.42. The number of hydrogen-bond donors (Lipinski definition) is 1. The lowest BCUT2D eigenvalue weighted by molar-refractivity contribution is -0.131. The van der Waals surface area contributed by atoms with Gasteiger partial charge in [0.2, 0.25) is 6.10 Å². The van der Waals surface area contributed by atoms with Crippen LogP contribution < -0.4 is 5.32 Å². The molecule has 1 aromatic rings. The van der Waals surface area contributed by atoms with Crippen LogP contribution in [-0.2, 0) is 16.1 Å². The zero-order valence-electron chi connectivity index (χ0n) is 11.2. The van der Waals surface area contributed by atoms with Crippen molar-refractivity contribution in [2.45, 2.75) is 32.8 Å². The second kappa shape index (κ2) is 6.26. The minimum absolute atomic E-state index is 0.122. The minimum atomic E-state index is -0.487. The van der Waals surface area contributed by atoms with Crippen molar-refractivity contribution in [3.8, 4) is 0 Å². The van der Waals surface area contributed by atoms with Crippen molar-refractivity contribution in [2.75, 3.05) is 6.54 Å². The summed E-state index contributed by atoms with van der Waals surface area (Å²) >= 11 is 0. The van der Waals surface area contributed by atoms with Crippen LogP contribution in [0.25, 0.3) is 0 Å². The fourth-order valence-corrected chi connectivity index (χ4v) is 1.76. The quantitative estimate of drug-likeness (QED) is 0.856. The van der Waals surface area contributed by atoms with E-state index in [4.69, 9.17) is 4.84 Å². The van der Waals surface area contributed by atoms with Crippen LogP contribution in [0.2, 0.25) is 0 Å². The highest BCUT2D eigenvalue weighted by Crippen LogP contribution is 2.15. The third kappa shape index (κ3) is 3.74. The molecule has 0 fully saturated rings. The minimum Gasteiger partial charge on any atom is -0.382 e. The average Bonchev–Trinajstić information content (AvgIpc) is 2.89. The van der Waals surface area contributed by atoms with Gasteiger partial charge in [-0.25, -0.2) is 0 Å². The van der Waals surface area contributed by atoms with E-state index >= 15 is 0 Å². The second-order valence-electron chi connectivity index (χ2n) is 4.77. The summed E-state index contributed by atoms with van der Waals surface area (Å²) in [6, 6.07) is 0. The Labute approximate surface area is 112 Å². The molecule has 1 N–H and O–H groups in total. The molecule has 0 saturated heterocycles. The largest absolute Gasteiger partial charge is 0.382 e. The summed E-state index contributed by atoms with van der Waals surface area (Å²) < 4.78 is 0. The maximum atomic E-state index is 11.9. The zero-order valence-corrected chi connectivity index (χ0v) is 11.2. The summed E-state index contributed by atoms with van der Waals surface area (Å²) in [5, 5.41) is 6.76. The van der Waals surface area contributed by atoms with E-state index in [1.165, 1.54) is 0 Å². The van der Waals surface area contributed by atoms with Gasteiger partial charge in [0, 0.05) is 38.0 Å². The number of nitrogens with zero attached hydrogens (tertiary/aromatic N) is 3. The molecule has 1 aromatic heterocycles. The normalized spacial score (nSPS) is 18.1. The highest BCUT2D eigenvalue weighted by Gasteiger charge is 2.28. The molecule has 1 aliphatic heterocycles. The second-order valence-corrected chi connectivity index (χ2v) is 4.77. The molecule has 1 aliphatic rings. The Bertz CT molecular complexity index is 459. The Hall–Kier alpha value is -1.98. The van der Waals surface area contributed by atoms with Crippen LogP contribution in [0.5, 0.6) is 0 Å². The average molecular weight is 262 g/mol. The summed E-state index contributed by atoms with van der Waals surface area (Å²) in [7, 11) is 0. The Morgan fingerprint density at radius 2 is 2.37 bits per heavy atom. The van der Waals surface area contributed by atoms with Crippen molar-refractivity contribution in [1.82, 2.24) is 15.3 Å². The maximum Gasteiger partial charge on any atom is 0.264 e. The van der Waals surface area contributed by atoms with Gasteiger partial charge in [0.15, 0.2) is 0 Å². The Balaban J connectivity index is 1.72. The molecule has 0 aliphatic carbocycles. The maximum absolute atomic E-state index is 11.9. The van der Waals surface area contributed by atoms with Crippen molar-refractivity contribution in [3.63, 3.8) is 0 Å². The summed E-state index contributed by atoms with van der Waals surface area (Å²) in [6.07, 6.45) is 5.70. The van der Waals surface area contributed by atoms with E-state index in [1.54, 1.807) is 18.6 Å². The van der Waals surface area contributed by atoms with Crippen LogP contribution in [-0.4, -0.2) is 34.2 Å². The van der Waals surface area contributed by atoms with Crippen molar-refractivity contribution in [2.24, 2.45) is 11.1 Å². The van der Waals surface area contributed by atoms with Crippen LogP contribution in [0.4, 0.5) is 0 Å². The number of carbonyl (C=O) groups is 1. The number of carbonyl (C=O) groups excluding carboxylic acids is 1. The topological polar surface area (TPSA) is 76.5 Å². The fourth-order valence-electron chi connectivity index (χ4n) is 1.76. The smallest absolute Gasteiger partial charge is 0.264 e. The van der Waals surface area contributed by atoms with E-state index in [9.17, 15) is 4.79 Å². The summed E-state index contributed by atoms with van der Waals surface area (Å²) in [5.74, 6) is 0.195. The number of oxime groups is 1. The van der Waals surface area contributed by atoms with Crippen LogP contribution in [0.1, 0.15) is 26.0 Å². The molecule has 1 atom stereocenters. The van der Waals surface area contributed by atoms with E-state index in [0.29, 0.717) is 25.3 Å². The number of aromatic nitrogens is 2. The van der Waals surface area contributed by atoms with Gasteiger partial charge in [-0.05, 0) is 5.92 Å². The lowest BCUT2D eigenvalue weighted by atomic mass is 10.0. The molecule has 1 amide bonds. The van der Waals surface area contributed by atoms with Crippen molar-refractivity contribution in [3.05, 3.63) is 24.3 Å². The first-order chi connectivity index (χ1) is 9.16. The highest BCUT2D eigenvalue weighted by atomic mass is 16.6. The lowest BCUT2D eigenvalue weighted by Gasteiger charge is -2.09. The van der Waals surface area contributed by atoms with E-state index in [1.807, 2.05) is 13.8 Å². The zero-order chi connectivity index (χ0) is 13.7. The number of amides is 1. The molecular weight excluding hydrogens is 244 g/mol. The molecule has 102 valence electrons. The lowest BCUT2D eigenvalue weighted by Crippen LogP contribution is -2.36. The molecule has 6 heteroatoms. The molecular formula is C13H18N4O2. The molecule has 2 heterocycles. The predicted molar refractivity (Wildman–Crippen MR) is 70.5 cm³/mol. The van der Waals surface area contributed by atoms with Crippen molar-refractivity contribution in [1.29, 1.82) is 0 Å². The van der Waals surface area contributed by atoms with Gasteiger partial charge in [-0.15, -0.1) is 0 Å². The predicted octanol–water partition coefficient (Wildman–Crippen LogP) is 0.936. The van der Waals surface area contributed by atoms with Gasteiger partial charge >= 0.3 is 0 Å². The molecule has 2 rings (SSSR count). The van der Waals surface area contributed by atoms with Crippen molar-refractivity contribution < 1.29 is 9.63 Å². The van der Waals surface area contributed by atoms with E-state index in [2.05, 4.69) is 20.4 Å². The van der Waals surface area contributed by atoms with Gasteiger partial charge in [0.05, 0.1) is 11.4 Å². The molecule has 0 bridgehead atoms. The van der Waals surface area contributed by atoms with Gasteiger partial charge in [-0.2, -0.15) is 0 Å². The van der Waals surface area contributed by atoms with Crippen LogP contribution in [0.3, 0.4) is 0 Å². The first-order valence-corrected chi connectivity index (χ1v) is 6.42. The summed E-state index contributed by atoms with van der Waals surface area (Å²) in [6.45, 7) is 4.60. The molecule has 0 saturated carbocycles. The summed E-state index contributed by atoms with van der Waals surface area (Å²) in [4.78, 5) is 25.1. The van der Waals surface area contributed by atoms with Crippen LogP contribution >= 0.6 is 0 Å². The number of hydrogen-bond acceptors (Lipinski definition) is 5. The van der Waals surface area contributed by atoms with Crippen LogP contribution in [0.15, 0.2) is 23.7 Å².